The number of rotatable bonds is 6. The third-order valence-electron chi connectivity index (χ3n) is 5.16. The third kappa shape index (κ3) is 3.46. The minimum absolute atomic E-state index is 0.0377. The van der Waals surface area contributed by atoms with Crippen LogP contribution in [0.25, 0.3) is 0 Å². The molecule has 3 rings (SSSR count). The van der Waals surface area contributed by atoms with Crippen LogP contribution in [0.1, 0.15) is 37.8 Å². The summed E-state index contributed by atoms with van der Waals surface area (Å²) >= 11 is 5.78. The number of aliphatic hydroxyl groups is 1. The molecule has 2 aliphatic rings. The van der Waals surface area contributed by atoms with Crippen LogP contribution in [-0.2, 0) is 9.53 Å². The molecule has 0 bridgehead atoms. The summed E-state index contributed by atoms with van der Waals surface area (Å²) < 4.78 is 19.8. The van der Waals surface area contributed by atoms with E-state index in [4.69, 9.17) is 16.3 Å². The maximum Gasteiger partial charge on any atom is 0.255 e. The average molecular weight is 368 g/mol. The van der Waals surface area contributed by atoms with E-state index in [-0.39, 0.29) is 36.1 Å². The summed E-state index contributed by atoms with van der Waals surface area (Å²) in [6, 6.07) is 3.79. The van der Waals surface area contributed by atoms with Crippen LogP contribution in [0.2, 0.25) is 5.02 Å². The molecule has 0 spiro atoms. The lowest BCUT2D eigenvalue weighted by atomic mass is 9.91. The Morgan fingerprint density at radius 2 is 2.28 bits per heavy atom. The maximum absolute atomic E-state index is 13.9. The van der Waals surface area contributed by atoms with E-state index < -0.39 is 17.5 Å². The standard InChI is InChI=1S/C19H23ClFNO3/c1-3-8-19(2)18(24)22(16(10-23)12-4-5-12)17(11-25-19)13-6-7-14(20)15(21)9-13/h3,6-7,9,12,16-17,23H,1,4-5,8,10-11H2,2H3/t16?,17-,19+/m0/s1. The van der Waals surface area contributed by atoms with Gasteiger partial charge in [0, 0.05) is 6.42 Å². The van der Waals surface area contributed by atoms with Crippen molar-refractivity contribution in [1.29, 1.82) is 0 Å². The van der Waals surface area contributed by atoms with Gasteiger partial charge in [-0.25, -0.2) is 4.39 Å². The van der Waals surface area contributed by atoms with E-state index in [1.54, 1.807) is 24.0 Å². The fourth-order valence-electron chi connectivity index (χ4n) is 3.54. The van der Waals surface area contributed by atoms with Gasteiger partial charge in [0.25, 0.3) is 5.91 Å². The number of nitrogens with zero attached hydrogens (tertiary/aromatic N) is 1. The van der Waals surface area contributed by atoms with E-state index in [1.807, 2.05) is 0 Å². The molecule has 3 atom stereocenters. The van der Waals surface area contributed by atoms with Gasteiger partial charge in [-0.15, -0.1) is 6.58 Å². The monoisotopic (exact) mass is 367 g/mol. The second-order valence-electron chi connectivity index (χ2n) is 7.02. The Hall–Kier alpha value is -1.43. The Bertz CT molecular complexity index is 679. The number of carbonyl (C=O) groups is 1. The molecule has 1 N–H and O–H groups in total. The number of aliphatic hydroxyl groups excluding tert-OH is 1. The highest BCUT2D eigenvalue weighted by molar-refractivity contribution is 6.30. The molecule has 1 aliphatic heterocycles. The number of carbonyl (C=O) groups excluding carboxylic acids is 1. The molecule has 0 radical (unpaired) electrons. The molecule has 0 aromatic heterocycles. The van der Waals surface area contributed by atoms with Crippen molar-refractivity contribution >= 4 is 17.5 Å². The van der Waals surface area contributed by atoms with Crippen LogP contribution < -0.4 is 0 Å². The van der Waals surface area contributed by atoms with E-state index in [0.29, 0.717) is 12.0 Å². The topological polar surface area (TPSA) is 49.8 Å². The van der Waals surface area contributed by atoms with Crippen molar-refractivity contribution in [2.75, 3.05) is 13.2 Å². The molecule has 1 aromatic rings. The summed E-state index contributed by atoms with van der Waals surface area (Å²) in [5, 5.41) is 9.96. The second kappa shape index (κ2) is 7.06. The minimum atomic E-state index is -1.01. The zero-order valence-electron chi connectivity index (χ0n) is 14.3. The maximum atomic E-state index is 13.9. The van der Waals surface area contributed by atoms with Gasteiger partial charge in [0.05, 0.1) is 30.3 Å². The van der Waals surface area contributed by atoms with Crippen LogP contribution >= 0.6 is 11.6 Å². The van der Waals surface area contributed by atoms with Gasteiger partial charge >= 0.3 is 0 Å². The van der Waals surface area contributed by atoms with Crippen molar-refractivity contribution in [2.45, 2.75) is 43.9 Å². The number of ether oxygens (including phenoxy) is 1. The van der Waals surface area contributed by atoms with E-state index >= 15 is 0 Å². The van der Waals surface area contributed by atoms with Gasteiger partial charge in [0.15, 0.2) is 0 Å². The Morgan fingerprint density at radius 1 is 1.56 bits per heavy atom. The summed E-state index contributed by atoms with van der Waals surface area (Å²) in [6.07, 6.45) is 4.00. The van der Waals surface area contributed by atoms with Crippen LogP contribution in [-0.4, -0.2) is 40.8 Å². The quantitative estimate of drug-likeness (QED) is 0.783. The van der Waals surface area contributed by atoms with E-state index in [1.165, 1.54) is 12.1 Å². The Kier molecular flexibility index (Phi) is 5.19. The van der Waals surface area contributed by atoms with E-state index in [2.05, 4.69) is 6.58 Å². The zero-order valence-corrected chi connectivity index (χ0v) is 15.0. The lowest BCUT2D eigenvalue weighted by Gasteiger charge is -2.47. The molecule has 6 heteroatoms. The fraction of sp³-hybridized carbons (Fsp3) is 0.526. The van der Waals surface area contributed by atoms with Gasteiger partial charge in [-0.1, -0.05) is 23.7 Å². The van der Waals surface area contributed by atoms with Gasteiger partial charge in [0.2, 0.25) is 0 Å². The molecule has 25 heavy (non-hydrogen) atoms. The third-order valence-corrected chi connectivity index (χ3v) is 5.46. The van der Waals surface area contributed by atoms with Gasteiger partial charge in [-0.2, -0.15) is 0 Å². The lowest BCUT2D eigenvalue weighted by Crippen LogP contribution is -2.60. The van der Waals surface area contributed by atoms with Crippen molar-refractivity contribution in [3.63, 3.8) is 0 Å². The van der Waals surface area contributed by atoms with Gasteiger partial charge in [0.1, 0.15) is 11.4 Å². The number of amides is 1. The van der Waals surface area contributed by atoms with Crippen LogP contribution in [0.4, 0.5) is 4.39 Å². The highest BCUT2D eigenvalue weighted by atomic mass is 35.5. The molecule has 1 aliphatic carbocycles. The minimum Gasteiger partial charge on any atom is -0.394 e. The predicted octanol–water partition coefficient (Wildman–Crippen LogP) is 3.48. The summed E-state index contributed by atoms with van der Waals surface area (Å²) in [5.41, 5.74) is -0.388. The zero-order chi connectivity index (χ0) is 18.2. The molecular weight excluding hydrogens is 345 g/mol. The first-order valence-corrected chi connectivity index (χ1v) is 8.92. The molecule has 4 nitrogen and oxygen atoms in total. The summed E-state index contributed by atoms with van der Waals surface area (Å²) in [4.78, 5) is 14.9. The summed E-state index contributed by atoms with van der Waals surface area (Å²) in [7, 11) is 0. The van der Waals surface area contributed by atoms with Gasteiger partial charge < -0.3 is 14.7 Å². The molecule has 1 unspecified atom stereocenters. The predicted molar refractivity (Wildman–Crippen MR) is 93.8 cm³/mol. The van der Waals surface area contributed by atoms with E-state index in [0.717, 1.165) is 12.8 Å². The number of hydrogen-bond acceptors (Lipinski definition) is 3. The molecule has 1 aromatic carbocycles. The van der Waals surface area contributed by atoms with Crippen LogP contribution in [0.3, 0.4) is 0 Å². The van der Waals surface area contributed by atoms with Crippen LogP contribution in [0, 0.1) is 11.7 Å². The van der Waals surface area contributed by atoms with Crippen molar-refractivity contribution in [3.05, 3.63) is 47.3 Å². The van der Waals surface area contributed by atoms with Crippen molar-refractivity contribution < 1.29 is 19.0 Å². The summed E-state index contributed by atoms with van der Waals surface area (Å²) in [6.45, 7) is 5.56. The Balaban J connectivity index is 1.99. The lowest BCUT2D eigenvalue weighted by molar-refractivity contribution is -0.184. The molecule has 1 saturated carbocycles. The highest BCUT2D eigenvalue weighted by Gasteiger charge is 2.50. The fourth-order valence-corrected chi connectivity index (χ4v) is 3.66. The van der Waals surface area contributed by atoms with Crippen LogP contribution in [0.15, 0.2) is 30.9 Å². The van der Waals surface area contributed by atoms with Gasteiger partial charge in [-0.05, 0) is 43.4 Å². The summed E-state index contributed by atoms with van der Waals surface area (Å²) in [5.74, 6) is -0.442. The first-order chi connectivity index (χ1) is 11.9. The second-order valence-corrected chi connectivity index (χ2v) is 7.43. The normalized spacial score (nSPS) is 28.1. The Morgan fingerprint density at radius 3 is 2.84 bits per heavy atom. The smallest absolute Gasteiger partial charge is 0.255 e. The molecule has 1 saturated heterocycles. The Labute approximate surface area is 152 Å². The molecule has 1 amide bonds. The van der Waals surface area contributed by atoms with Crippen molar-refractivity contribution in [2.24, 2.45) is 5.92 Å². The number of halogens is 2. The number of benzene rings is 1. The van der Waals surface area contributed by atoms with Gasteiger partial charge in [-0.3, -0.25) is 4.79 Å². The first kappa shape index (κ1) is 18.4. The van der Waals surface area contributed by atoms with Crippen molar-refractivity contribution in [3.8, 4) is 0 Å². The molecule has 2 fully saturated rings. The molecule has 1 heterocycles. The molecule has 136 valence electrons. The molecular formula is C19H23ClFNO3. The SMILES string of the molecule is C=CC[C@@]1(C)OC[C@@H](c2ccc(Cl)c(F)c2)N(C(CO)C2CC2)C1=O. The number of hydrogen-bond donors (Lipinski definition) is 1. The first-order valence-electron chi connectivity index (χ1n) is 8.54. The number of morpholine rings is 1. The van der Waals surface area contributed by atoms with E-state index in [9.17, 15) is 14.3 Å². The highest BCUT2D eigenvalue weighted by Crippen LogP contribution is 2.42. The largest absolute Gasteiger partial charge is 0.394 e. The van der Waals surface area contributed by atoms with Crippen molar-refractivity contribution in [1.82, 2.24) is 4.90 Å². The average Bonchev–Trinajstić information content (AvgIpc) is 3.40. The van der Waals surface area contributed by atoms with Crippen LogP contribution in [0.5, 0.6) is 0 Å².